The van der Waals surface area contributed by atoms with Crippen LogP contribution in [0.3, 0.4) is 0 Å². The Morgan fingerprint density at radius 3 is 2.40 bits per heavy atom. The fourth-order valence-corrected chi connectivity index (χ4v) is 4.07. The summed E-state index contributed by atoms with van der Waals surface area (Å²) in [5.74, 6) is -0.0850. The summed E-state index contributed by atoms with van der Waals surface area (Å²) < 4.78 is 13.1. The number of halogens is 1. The number of hydrogen-bond donors (Lipinski definition) is 0. The van der Waals surface area contributed by atoms with E-state index >= 15 is 0 Å². The second kappa shape index (κ2) is 6.08. The molecule has 5 heteroatoms. The molecule has 0 aliphatic carbocycles. The number of ketones is 1. The van der Waals surface area contributed by atoms with Crippen LogP contribution in [0.2, 0.25) is 0 Å². The number of thiophene rings is 1. The van der Waals surface area contributed by atoms with Gasteiger partial charge >= 0.3 is 0 Å². The Morgan fingerprint density at radius 1 is 1.04 bits per heavy atom. The highest BCUT2D eigenvalue weighted by atomic mass is 32.1. The Bertz CT molecular complexity index is 988. The molecule has 0 bridgehead atoms. The number of hydrogen-bond acceptors (Lipinski definition) is 3. The number of nitrogens with zero attached hydrogens (tertiary/aromatic N) is 1. The van der Waals surface area contributed by atoms with Crippen molar-refractivity contribution in [1.82, 2.24) is 4.90 Å². The van der Waals surface area contributed by atoms with Gasteiger partial charge in [-0.25, -0.2) is 4.39 Å². The van der Waals surface area contributed by atoms with Crippen molar-refractivity contribution < 1.29 is 14.0 Å². The van der Waals surface area contributed by atoms with Crippen LogP contribution < -0.4 is 0 Å². The fourth-order valence-electron chi connectivity index (χ4n) is 3.13. The van der Waals surface area contributed by atoms with Crippen molar-refractivity contribution in [3.8, 4) is 10.4 Å². The van der Waals surface area contributed by atoms with Gasteiger partial charge in [-0.05, 0) is 41.5 Å². The summed E-state index contributed by atoms with van der Waals surface area (Å²) in [5.41, 5.74) is 1.59. The molecule has 0 N–H and O–H groups in total. The number of fused-ring (bicyclic) bond motifs is 1. The first-order valence-corrected chi connectivity index (χ1v) is 8.92. The molecule has 3 nitrogen and oxygen atoms in total. The Balaban J connectivity index is 1.81. The maximum atomic E-state index is 13.1. The standard InChI is InChI=1S/C20H16FNO2S/c1-12(23)18-8-9-19(25-18)16-6-7-17(15-5-3-2-4-14(15)16)20(24)22-10-13(21)11-22/h2-9,13H,10-11H2,1H3. The summed E-state index contributed by atoms with van der Waals surface area (Å²) in [5, 5.41) is 1.81. The first-order chi connectivity index (χ1) is 12.0. The molecule has 4 rings (SSSR count). The Labute approximate surface area is 148 Å². The van der Waals surface area contributed by atoms with Gasteiger partial charge in [-0.2, -0.15) is 0 Å². The minimum atomic E-state index is -0.911. The maximum absolute atomic E-state index is 13.1. The molecule has 0 atom stereocenters. The molecule has 126 valence electrons. The molecule has 0 unspecified atom stereocenters. The third-order valence-electron chi connectivity index (χ3n) is 4.50. The van der Waals surface area contributed by atoms with Crippen LogP contribution in [-0.2, 0) is 0 Å². The van der Waals surface area contributed by atoms with Crippen LogP contribution in [0.4, 0.5) is 4.39 Å². The van der Waals surface area contributed by atoms with Gasteiger partial charge in [0.05, 0.1) is 18.0 Å². The van der Waals surface area contributed by atoms with E-state index < -0.39 is 6.17 Å². The molecule has 1 amide bonds. The average Bonchev–Trinajstić information content (AvgIpc) is 3.07. The van der Waals surface area contributed by atoms with Crippen LogP contribution >= 0.6 is 11.3 Å². The summed E-state index contributed by atoms with van der Waals surface area (Å²) in [6.45, 7) is 1.89. The largest absolute Gasteiger partial charge is 0.333 e. The zero-order valence-corrected chi connectivity index (χ0v) is 14.5. The van der Waals surface area contributed by atoms with Gasteiger partial charge in [-0.3, -0.25) is 9.59 Å². The number of Topliss-reactive ketones (excluding diaryl/α,β-unsaturated/α-hetero) is 1. The van der Waals surface area contributed by atoms with E-state index in [1.807, 2.05) is 42.5 Å². The Morgan fingerprint density at radius 2 is 1.76 bits per heavy atom. The highest BCUT2D eigenvalue weighted by Crippen LogP contribution is 2.36. The van der Waals surface area contributed by atoms with Gasteiger partial charge in [-0.15, -0.1) is 11.3 Å². The van der Waals surface area contributed by atoms with Gasteiger partial charge in [0.15, 0.2) is 5.78 Å². The van der Waals surface area contributed by atoms with E-state index in [0.29, 0.717) is 10.4 Å². The number of carbonyl (C=O) groups excluding carboxylic acids is 2. The predicted molar refractivity (Wildman–Crippen MR) is 98.1 cm³/mol. The van der Waals surface area contributed by atoms with Crippen LogP contribution in [0, 0.1) is 0 Å². The topological polar surface area (TPSA) is 37.4 Å². The second-order valence-corrected chi connectivity index (χ2v) is 7.32. The minimum absolute atomic E-state index is 0.0471. The number of benzene rings is 2. The van der Waals surface area contributed by atoms with Crippen molar-refractivity contribution in [2.75, 3.05) is 13.1 Å². The lowest BCUT2D eigenvalue weighted by Gasteiger charge is -2.34. The zero-order chi connectivity index (χ0) is 17.6. The number of alkyl halides is 1. The van der Waals surface area contributed by atoms with E-state index in [9.17, 15) is 14.0 Å². The van der Waals surface area contributed by atoms with Crippen molar-refractivity contribution in [2.24, 2.45) is 0 Å². The van der Waals surface area contributed by atoms with Crippen LogP contribution in [0.25, 0.3) is 21.2 Å². The van der Waals surface area contributed by atoms with E-state index in [0.717, 1.165) is 21.2 Å². The molecular formula is C20H16FNO2S. The van der Waals surface area contributed by atoms with Crippen molar-refractivity contribution in [3.05, 3.63) is 59.0 Å². The molecule has 3 aromatic rings. The third-order valence-corrected chi connectivity index (χ3v) is 5.72. The normalized spacial score (nSPS) is 14.6. The molecule has 2 aromatic carbocycles. The van der Waals surface area contributed by atoms with Gasteiger partial charge < -0.3 is 4.90 Å². The molecule has 1 fully saturated rings. The fraction of sp³-hybridized carbons (Fsp3) is 0.200. The lowest BCUT2D eigenvalue weighted by Crippen LogP contribution is -2.51. The molecule has 0 spiro atoms. The molecule has 1 aliphatic rings. The molecule has 1 aliphatic heterocycles. The highest BCUT2D eigenvalue weighted by Gasteiger charge is 2.31. The maximum Gasteiger partial charge on any atom is 0.254 e. The molecule has 0 saturated carbocycles. The van der Waals surface area contributed by atoms with Gasteiger partial charge in [0.2, 0.25) is 0 Å². The molecule has 1 saturated heterocycles. The van der Waals surface area contributed by atoms with Crippen molar-refractivity contribution in [3.63, 3.8) is 0 Å². The lowest BCUT2D eigenvalue weighted by molar-refractivity contribution is 0.0402. The number of likely N-dealkylation sites (tertiary alicyclic amines) is 1. The average molecular weight is 353 g/mol. The minimum Gasteiger partial charge on any atom is -0.333 e. The Kier molecular flexibility index (Phi) is 3.88. The third kappa shape index (κ3) is 2.74. The highest BCUT2D eigenvalue weighted by molar-refractivity contribution is 7.17. The predicted octanol–water partition coefficient (Wildman–Crippen LogP) is 4.56. The lowest BCUT2D eigenvalue weighted by atomic mass is 9.97. The van der Waals surface area contributed by atoms with Gasteiger partial charge in [0.25, 0.3) is 5.91 Å². The molecule has 25 heavy (non-hydrogen) atoms. The van der Waals surface area contributed by atoms with Crippen LogP contribution in [0.15, 0.2) is 48.5 Å². The van der Waals surface area contributed by atoms with Gasteiger partial charge in [-0.1, -0.05) is 30.3 Å². The molecular weight excluding hydrogens is 337 g/mol. The zero-order valence-electron chi connectivity index (χ0n) is 13.7. The van der Waals surface area contributed by atoms with Crippen molar-refractivity contribution >= 4 is 33.8 Å². The summed E-state index contributed by atoms with van der Waals surface area (Å²) >= 11 is 1.45. The Hall–Kier alpha value is -2.53. The monoisotopic (exact) mass is 353 g/mol. The molecule has 0 radical (unpaired) electrons. The quantitative estimate of drug-likeness (QED) is 0.647. The van der Waals surface area contributed by atoms with E-state index in [1.54, 1.807) is 13.0 Å². The van der Waals surface area contributed by atoms with E-state index in [-0.39, 0.29) is 24.8 Å². The summed E-state index contributed by atoms with van der Waals surface area (Å²) in [6, 6.07) is 15.2. The number of carbonyl (C=O) groups is 2. The SMILES string of the molecule is CC(=O)c1ccc(-c2ccc(C(=O)N3CC(F)C3)c3ccccc23)s1. The van der Waals surface area contributed by atoms with Crippen LogP contribution in [-0.4, -0.2) is 35.9 Å². The number of amides is 1. The first kappa shape index (κ1) is 16.0. The van der Waals surface area contributed by atoms with Crippen molar-refractivity contribution in [2.45, 2.75) is 13.1 Å². The number of rotatable bonds is 3. The summed E-state index contributed by atoms with van der Waals surface area (Å²) in [7, 11) is 0. The van der Waals surface area contributed by atoms with Crippen LogP contribution in [0.5, 0.6) is 0 Å². The van der Waals surface area contributed by atoms with Gasteiger partial charge in [0.1, 0.15) is 6.17 Å². The van der Waals surface area contributed by atoms with E-state index in [2.05, 4.69) is 0 Å². The molecule has 2 heterocycles. The van der Waals surface area contributed by atoms with Crippen molar-refractivity contribution in [1.29, 1.82) is 0 Å². The molecule has 1 aromatic heterocycles. The summed E-state index contributed by atoms with van der Waals surface area (Å²) in [6.07, 6.45) is -0.911. The van der Waals surface area contributed by atoms with E-state index in [1.165, 1.54) is 16.2 Å². The second-order valence-electron chi connectivity index (χ2n) is 6.23. The van der Waals surface area contributed by atoms with Crippen LogP contribution in [0.1, 0.15) is 27.0 Å². The van der Waals surface area contributed by atoms with E-state index in [4.69, 9.17) is 0 Å². The first-order valence-electron chi connectivity index (χ1n) is 8.11. The van der Waals surface area contributed by atoms with Gasteiger partial charge in [0, 0.05) is 10.4 Å². The summed E-state index contributed by atoms with van der Waals surface area (Å²) in [4.78, 5) is 27.5. The smallest absolute Gasteiger partial charge is 0.254 e.